The first-order valence-electron chi connectivity index (χ1n) is 5.57. The Bertz CT molecular complexity index is 434. The van der Waals surface area contributed by atoms with Crippen molar-refractivity contribution in [2.75, 3.05) is 13.7 Å². The molecule has 1 N–H and O–H groups in total. The van der Waals surface area contributed by atoms with Crippen molar-refractivity contribution in [1.82, 2.24) is 5.32 Å². The Kier molecular flexibility index (Phi) is 3.97. The van der Waals surface area contributed by atoms with Gasteiger partial charge in [0.2, 0.25) is 0 Å². The molecule has 1 fully saturated rings. The van der Waals surface area contributed by atoms with Crippen LogP contribution in [-0.2, 0) is 0 Å². The zero-order chi connectivity index (χ0) is 12.4. The molecule has 92 valence electrons. The molecule has 17 heavy (non-hydrogen) atoms. The van der Waals surface area contributed by atoms with Crippen LogP contribution in [-0.4, -0.2) is 19.7 Å². The van der Waals surface area contributed by atoms with E-state index in [9.17, 15) is 0 Å². The standard InChI is InChI=1S/C13H15Cl2NO/c1-3-4-17-13-7-11(15)10(14)5-9(13)8-6-12(8)16-2/h3,5,7-8,12,16H,1,4,6H2,2H3. The highest BCUT2D eigenvalue weighted by molar-refractivity contribution is 6.42. The van der Waals surface area contributed by atoms with Crippen LogP contribution in [0.25, 0.3) is 0 Å². The molecule has 1 aliphatic carbocycles. The SMILES string of the molecule is C=CCOc1cc(Cl)c(Cl)cc1C1CC1NC. The van der Waals surface area contributed by atoms with Crippen molar-refractivity contribution in [3.63, 3.8) is 0 Å². The van der Waals surface area contributed by atoms with Crippen molar-refractivity contribution in [2.24, 2.45) is 0 Å². The van der Waals surface area contributed by atoms with Gasteiger partial charge < -0.3 is 10.1 Å². The zero-order valence-electron chi connectivity index (χ0n) is 9.67. The van der Waals surface area contributed by atoms with Crippen molar-refractivity contribution in [3.8, 4) is 5.75 Å². The predicted octanol–water partition coefficient (Wildman–Crippen LogP) is 3.63. The van der Waals surface area contributed by atoms with Crippen molar-refractivity contribution < 1.29 is 4.74 Å². The molecule has 2 rings (SSSR count). The molecular weight excluding hydrogens is 257 g/mol. The normalized spacial score (nSPS) is 22.3. The lowest BCUT2D eigenvalue weighted by Crippen LogP contribution is -2.10. The minimum absolute atomic E-state index is 0.467. The number of hydrogen-bond acceptors (Lipinski definition) is 2. The van der Waals surface area contributed by atoms with Gasteiger partial charge >= 0.3 is 0 Å². The Morgan fingerprint density at radius 1 is 1.47 bits per heavy atom. The maximum absolute atomic E-state index is 6.05. The van der Waals surface area contributed by atoms with E-state index in [0.717, 1.165) is 17.7 Å². The molecule has 0 heterocycles. The van der Waals surface area contributed by atoms with Gasteiger partial charge in [0.15, 0.2) is 0 Å². The second kappa shape index (κ2) is 5.30. The number of rotatable bonds is 5. The molecule has 0 saturated heterocycles. The van der Waals surface area contributed by atoms with Crippen LogP contribution in [0, 0.1) is 0 Å². The molecule has 0 radical (unpaired) electrons. The van der Waals surface area contributed by atoms with Crippen LogP contribution < -0.4 is 10.1 Å². The van der Waals surface area contributed by atoms with Crippen LogP contribution in [0.5, 0.6) is 5.75 Å². The van der Waals surface area contributed by atoms with Gasteiger partial charge in [-0.05, 0) is 19.5 Å². The predicted molar refractivity (Wildman–Crippen MR) is 72.4 cm³/mol. The Hall–Kier alpha value is -0.700. The summed E-state index contributed by atoms with van der Waals surface area (Å²) in [6.45, 7) is 4.11. The fourth-order valence-electron chi connectivity index (χ4n) is 1.97. The van der Waals surface area contributed by atoms with Gasteiger partial charge in [-0.15, -0.1) is 0 Å². The highest BCUT2D eigenvalue weighted by Crippen LogP contribution is 2.46. The molecule has 2 unspecified atom stereocenters. The van der Waals surface area contributed by atoms with E-state index in [-0.39, 0.29) is 0 Å². The van der Waals surface area contributed by atoms with Gasteiger partial charge in [0.25, 0.3) is 0 Å². The van der Waals surface area contributed by atoms with E-state index in [1.807, 2.05) is 13.1 Å². The van der Waals surface area contributed by atoms with E-state index in [0.29, 0.717) is 28.6 Å². The van der Waals surface area contributed by atoms with E-state index in [1.165, 1.54) is 0 Å². The van der Waals surface area contributed by atoms with Crippen molar-refractivity contribution in [2.45, 2.75) is 18.4 Å². The fraction of sp³-hybridized carbons (Fsp3) is 0.385. The van der Waals surface area contributed by atoms with Gasteiger partial charge in [-0.2, -0.15) is 0 Å². The second-order valence-corrected chi connectivity index (χ2v) is 4.96. The molecule has 1 aromatic rings. The second-order valence-electron chi connectivity index (χ2n) is 4.14. The van der Waals surface area contributed by atoms with Gasteiger partial charge in [-0.25, -0.2) is 0 Å². The van der Waals surface area contributed by atoms with Crippen LogP contribution in [0.1, 0.15) is 17.9 Å². The van der Waals surface area contributed by atoms with Crippen LogP contribution in [0.4, 0.5) is 0 Å². The number of ether oxygens (including phenoxy) is 1. The minimum Gasteiger partial charge on any atom is -0.489 e. The summed E-state index contributed by atoms with van der Waals surface area (Å²) < 4.78 is 5.63. The molecule has 0 spiro atoms. The van der Waals surface area contributed by atoms with E-state index < -0.39 is 0 Å². The molecule has 0 aliphatic heterocycles. The average molecular weight is 272 g/mol. The molecule has 1 aliphatic rings. The summed E-state index contributed by atoms with van der Waals surface area (Å²) in [5.41, 5.74) is 1.13. The Balaban J connectivity index is 2.28. The monoisotopic (exact) mass is 271 g/mol. The number of nitrogens with one attached hydrogen (secondary N) is 1. The number of hydrogen-bond donors (Lipinski definition) is 1. The number of likely N-dealkylation sites (N-methyl/N-ethyl adjacent to an activating group) is 1. The third kappa shape index (κ3) is 2.76. The number of benzene rings is 1. The van der Waals surface area contributed by atoms with Crippen molar-refractivity contribution in [3.05, 3.63) is 40.4 Å². The summed E-state index contributed by atoms with van der Waals surface area (Å²) in [5.74, 6) is 1.27. The van der Waals surface area contributed by atoms with Gasteiger partial charge in [-0.3, -0.25) is 0 Å². The average Bonchev–Trinajstić information content (AvgIpc) is 3.09. The van der Waals surface area contributed by atoms with Gasteiger partial charge in [0, 0.05) is 23.6 Å². The first-order valence-corrected chi connectivity index (χ1v) is 6.33. The summed E-state index contributed by atoms with van der Waals surface area (Å²) in [4.78, 5) is 0. The molecular formula is C13H15Cl2NO. The first kappa shape index (κ1) is 12.7. The van der Waals surface area contributed by atoms with Gasteiger partial charge in [0.05, 0.1) is 10.0 Å². The fourth-order valence-corrected chi connectivity index (χ4v) is 2.29. The van der Waals surface area contributed by atoms with Crippen LogP contribution >= 0.6 is 23.2 Å². The smallest absolute Gasteiger partial charge is 0.124 e. The maximum atomic E-state index is 6.05. The summed E-state index contributed by atoms with van der Waals surface area (Å²) >= 11 is 12.1. The molecule has 0 aromatic heterocycles. The number of halogens is 2. The molecule has 0 amide bonds. The molecule has 4 heteroatoms. The van der Waals surface area contributed by atoms with Gasteiger partial charge in [-0.1, -0.05) is 35.9 Å². The largest absolute Gasteiger partial charge is 0.489 e. The first-order chi connectivity index (χ1) is 8.17. The highest BCUT2D eigenvalue weighted by atomic mass is 35.5. The lowest BCUT2D eigenvalue weighted by atomic mass is 10.1. The van der Waals surface area contributed by atoms with E-state index >= 15 is 0 Å². The molecule has 1 aromatic carbocycles. The summed E-state index contributed by atoms with van der Waals surface area (Å²) in [5, 5.41) is 4.36. The van der Waals surface area contributed by atoms with Crippen molar-refractivity contribution >= 4 is 23.2 Å². The van der Waals surface area contributed by atoms with Crippen LogP contribution in [0.3, 0.4) is 0 Å². The summed E-state index contributed by atoms with van der Waals surface area (Å²) in [7, 11) is 1.96. The van der Waals surface area contributed by atoms with Crippen molar-refractivity contribution in [1.29, 1.82) is 0 Å². The molecule has 0 bridgehead atoms. The topological polar surface area (TPSA) is 21.3 Å². The Labute approximate surface area is 112 Å². The zero-order valence-corrected chi connectivity index (χ0v) is 11.2. The summed E-state index contributed by atoms with van der Waals surface area (Å²) in [6.07, 6.45) is 2.83. The molecule has 2 atom stereocenters. The third-order valence-corrected chi connectivity index (χ3v) is 3.69. The van der Waals surface area contributed by atoms with E-state index in [1.54, 1.807) is 12.1 Å². The molecule has 2 nitrogen and oxygen atoms in total. The van der Waals surface area contributed by atoms with Gasteiger partial charge in [0.1, 0.15) is 12.4 Å². The molecule has 1 saturated carbocycles. The minimum atomic E-state index is 0.467. The lowest BCUT2D eigenvalue weighted by Gasteiger charge is -2.11. The third-order valence-electron chi connectivity index (χ3n) is 2.97. The van der Waals surface area contributed by atoms with Crippen LogP contribution in [0.15, 0.2) is 24.8 Å². The Morgan fingerprint density at radius 3 is 2.76 bits per heavy atom. The highest BCUT2D eigenvalue weighted by Gasteiger charge is 2.39. The van der Waals surface area contributed by atoms with Crippen LogP contribution in [0.2, 0.25) is 10.0 Å². The van der Waals surface area contributed by atoms with E-state index in [2.05, 4.69) is 11.9 Å². The lowest BCUT2D eigenvalue weighted by molar-refractivity contribution is 0.359. The van der Waals surface area contributed by atoms with E-state index in [4.69, 9.17) is 27.9 Å². The maximum Gasteiger partial charge on any atom is 0.124 e. The summed E-state index contributed by atoms with van der Waals surface area (Å²) in [6, 6.07) is 4.20. The Morgan fingerprint density at radius 2 is 2.18 bits per heavy atom. The quantitative estimate of drug-likeness (QED) is 0.826.